The molecule has 0 saturated heterocycles. The molecule has 0 spiro atoms. The third-order valence-electron chi connectivity index (χ3n) is 4.07. The number of hydrogen-bond acceptors (Lipinski definition) is 3. The van der Waals surface area contributed by atoms with Gasteiger partial charge >= 0.3 is 0 Å². The second-order valence-corrected chi connectivity index (χ2v) is 6.48. The van der Waals surface area contributed by atoms with Crippen molar-refractivity contribution < 1.29 is 4.52 Å². The Morgan fingerprint density at radius 2 is 2.11 bits per heavy atom. The summed E-state index contributed by atoms with van der Waals surface area (Å²) in [4.78, 5) is 2.47. The Bertz CT molecular complexity index is 607. The highest BCUT2D eigenvalue weighted by atomic mass is 16.5. The molecule has 1 aliphatic heterocycles. The van der Waals surface area contributed by atoms with E-state index in [1.807, 2.05) is 0 Å². The molecule has 1 aliphatic rings. The zero-order chi connectivity index (χ0) is 13.6. The van der Waals surface area contributed by atoms with Gasteiger partial charge in [-0.1, -0.05) is 38.9 Å². The fourth-order valence-corrected chi connectivity index (χ4v) is 2.92. The number of likely N-dealkylation sites (N-methyl/N-ethyl adjacent to an activating group) is 1. The molecule has 0 fully saturated rings. The number of benzene rings is 1. The van der Waals surface area contributed by atoms with E-state index in [0.717, 1.165) is 37.3 Å². The molecule has 2 heterocycles. The number of nitrogens with zero attached hydrogens (tertiary/aromatic N) is 2. The first-order valence-electron chi connectivity index (χ1n) is 7.13. The lowest BCUT2D eigenvalue weighted by molar-refractivity contribution is 0.267. The summed E-state index contributed by atoms with van der Waals surface area (Å²) in [7, 11) is 0. The molecule has 0 N–H and O–H groups in total. The molecule has 0 unspecified atom stereocenters. The van der Waals surface area contributed by atoms with Gasteiger partial charge in [0.15, 0.2) is 5.58 Å². The molecule has 19 heavy (non-hydrogen) atoms. The summed E-state index contributed by atoms with van der Waals surface area (Å²) >= 11 is 0. The smallest absolute Gasteiger partial charge is 0.170 e. The summed E-state index contributed by atoms with van der Waals surface area (Å²) in [6.07, 6.45) is 1.07. The summed E-state index contributed by atoms with van der Waals surface area (Å²) in [5.41, 5.74) is 4.88. The molecular weight excluding hydrogens is 236 g/mol. The van der Waals surface area contributed by atoms with Crippen molar-refractivity contribution in [1.29, 1.82) is 0 Å². The maximum absolute atomic E-state index is 5.67. The predicted molar refractivity (Wildman–Crippen MR) is 77.4 cm³/mol. The zero-order valence-corrected chi connectivity index (χ0v) is 12.3. The summed E-state index contributed by atoms with van der Waals surface area (Å²) < 4.78 is 5.67. The third kappa shape index (κ3) is 2.06. The van der Waals surface area contributed by atoms with Gasteiger partial charge < -0.3 is 4.52 Å². The van der Waals surface area contributed by atoms with E-state index in [1.165, 1.54) is 16.5 Å². The van der Waals surface area contributed by atoms with Gasteiger partial charge in [-0.05, 0) is 24.6 Å². The molecule has 1 aromatic carbocycles. The van der Waals surface area contributed by atoms with Crippen LogP contribution < -0.4 is 0 Å². The average Bonchev–Trinajstić information content (AvgIpc) is 2.81. The van der Waals surface area contributed by atoms with Crippen LogP contribution in [0.5, 0.6) is 0 Å². The van der Waals surface area contributed by atoms with E-state index < -0.39 is 0 Å². The van der Waals surface area contributed by atoms with Gasteiger partial charge in [0.25, 0.3) is 0 Å². The first-order valence-corrected chi connectivity index (χ1v) is 7.13. The van der Waals surface area contributed by atoms with Crippen molar-refractivity contribution in [3.8, 4) is 0 Å². The topological polar surface area (TPSA) is 29.3 Å². The van der Waals surface area contributed by atoms with Gasteiger partial charge in [0.2, 0.25) is 0 Å². The van der Waals surface area contributed by atoms with Gasteiger partial charge in [-0.3, -0.25) is 4.90 Å². The molecule has 0 bridgehead atoms. The molecule has 0 saturated carbocycles. The molecular formula is C16H22N2O. The Kier molecular flexibility index (Phi) is 2.90. The standard InChI is InChI=1S/C16H22N2O/c1-5-18-9-8-12-11(10-18)6-7-13-14(12)19-17-15(13)16(2,3)4/h6-7H,5,8-10H2,1-4H3. The summed E-state index contributed by atoms with van der Waals surface area (Å²) in [6, 6.07) is 4.44. The second-order valence-electron chi connectivity index (χ2n) is 6.48. The van der Waals surface area contributed by atoms with Crippen molar-refractivity contribution in [3.05, 3.63) is 29.0 Å². The van der Waals surface area contributed by atoms with Crippen LogP contribution >= 0.6 is 0 Å². The van der Waals surface area contributed by atoms with E-state index in [9.17, 15) is 0 Å². The van der Waals surface area contributed by atoms with Crippen molar-refractivity contribution in [1.82, 2.24) is 10.1 Å². The number of aromatic nitrogens is 1. The van der Waals surface area contributed by atoms with E-state index in [0.29, 0.717) is 0 Å². The monoisotopic (exact) mass is 258 g/mol. The molecule has 0 aliphatic carbocycles. The minimum atomic E-state index is 0.0314. The molecule has 0 amide bonds. The maximum atomic E-state index is 5.67. The average molecular weight is 258 g/mol. The number of hydrogen-bond donors (Lipinski definition) is 0. The lowest BCUT2D eigenvalue weighted by Gasteiger charge is -2.27. The van der Waals surface area contributed by atoms with Crippen LogP contribution in [-0.2, 0) is 18.4 Å². The predicted octanol–water partition coefficient (Wildman–Crippen LogP) is 3.50. The van der Waals surface area contributed by atoms with Crippen molar-refractivity contribution in [2.45, 2.75) is 46.1 Å². The van der Waals surface area contributed by atoms with E-state index in [2.05, 4.69) is 49.9 Å². The lowest BCUT2D eigenvalue weighted by Crippen LogP contribution is -2.30. The first-order chi connectivity index (χ1) is 9.00. The molecule has 3 rings (SSSR count). The molecule has 3 heteroatoms. The maximum Gasteiger partial charge on any atom is 0.170 e. The molecule has 0 radical (unpaired) electrons. The Balaban J connectivity index is 2.13. The fraction of sp³-hybridized carbons (Fsp3) is 0.562. The Labute approximate surface area is 114 Å². The van der Waals surface area contributed by atoms with Crippen LogP contribution in [0, 0.1) is 0 Å². The van der Waals surface area contributed by atoms with E-state index in [-0.39, 0.29) is 5.41 Å². The van der Waals surface area contributed by atoms with E-state index in [1.54, 1.807) is 0 Å². The minimum absolute atomic E-state index is 0.0314. The first kappa shape index (κ1) is 12.7. The van der Waals surface area contributed by atoms with Gasteiger partial charge in [-0.2, -0.15) is 0 Å². The summed E-state index contributed by atoms with van der Waals surface area (Å²) in [5.74, 6) is 0. The van der Waals surface area contributed by atoms with E-state index in [4.69, 9.17) is 4.52 Å². The number of rotatable bonds is 1. The minimum Gasteiger partial charge on any atom is -0.356 e. The van der Waals surface area contributed by atoms with Gasteiger partial charge in [-0.25, -0.2) is 0 Å². The highest BCUT2D eigenvalue weighted by Crippen LogP contribution is 2.34. The molecule has 102 valence electrons. The quantitative estimate of drug-likeness (QED) is 0.784. The SMILES string of the molecule is CCN1CCc2c(ccc3c(C(C)(C)C)noc23)C1. The number of fused-ring (bicyclic) bond motifs is 3. The van der Waals surface area contributed by atoms with Crippen molar-refractivity contribution in [3.63, 3.8) is 0 Å². The van der Waals surface area contributed by atoms with Crippen LogP contribution in [-0.4, -0.2) is 23.1 Å². The normalized spacial score (nSPS) is 16.8. The Morgan fingerprint density at radius 3 is 2.79 bits per heavy atom. The Morgan fingerprint density at radius 1 is 1.32 bits per heavy atom. The van der Waals surface area contributed by atoms with Gasteiger partial charge in [-0.15, -0.1) is 0 Å². The van der Waals surface area contributed by atoms with Crippen LogP contribution in [0.3, 0.4) is 0 Å². The van der Waals surface area contributed by atoms with Crippen molar-refractivity contribution >= 4 is 11.0 Å². The largest absolute Gasteiger partial charge is 0.356 e. The molecule has 3 nitrogen and oxygen atoms in total. The van der Waals surface area contributed by atoms with Crippen molar-refractivity contribution in [2.24, 2.45) is 0 Å². The van der Waals surface area contributed by atoms with Gasteiger partial charge in [0, 0.05) is 29.5 Å². The second kappa shape index (κ2) is 4.34. The van der Waals surface area contributed by atoms with Gasteiger partial charge in [0.05, 0.1) is 5.69 Å². The van der Waals surface area contributed by atoms with Gasteiger partial charge in [0.1, 0.15) is 0 Å². The third-order valence-corrected chi connectivity index (χ3v) is 4.07. The molecule has 0 atom stereocenters. The van der Waals surface area contributed by atoms with Crippen LogP contribution in [0.1, 0.15) is 44.5 Å². The summed E-state index contributed by atoms with van der Waals surface area (Å²) in [6.45, 7) is 12.0. The zero-order valence-electron chi connectivity index (χ0n) is 12.3. The summed E-state index contributed by atoms with van der Waals surface area (Å²) in [5, 5.41) is 5.52. The molecule has 2 aromatic rings. The Hall–Kier alpha value is -1.35. The van der Waals surface area contributed by atoms with Crippen LogP contribution in [0.15, 0.2) is 16.7 Å². The van der Waals surface area contributed by atoms with Crippen LogP contribution in [0.25, 0.3) is 11.0 Å². The fourth-order valence-electron chi connectivity index (χ4n) is 2.92. The van der Waals surface area contributed by atoms with Crippen molar-refractivity contribution in [2.75, 3.05) is 13.1 Å². The lowest BCUT2D eigenvalue weighted by atomic mass is 9.88. The van der Waals surface area contributed by atoms with Crippen LogP contribution in [0.2, 0.25) is 0 Å². The highest BCUT2D eigenvalue weighted by Gasteiger charge is 2.25. The highest BCUT2D eigenvalue weighted by molar-refractivity contribution is 5.84. The van der Waals surface area contributed by atoms with E-state index >= 15 is 0 Å². The molecule has 1 aromatic heterocycles. The van der Waals surface area contributed by atoms with Crippen LogP contribution in [0.4, 0.5) is 0 Å².